The summed E-state index contributed by atoms with van der Waals surface area (Å²) in [7, 11) is 0. The average Bonchev–Trinajstić information content (AvgIpc) is 2.01. The van der Waals surface area contributed by atoms with Gasteiger partial charge in [-0.2, -0.15) is 13.2 Å². The molecule has 76 valence electrons. The second kappa shape index (κ2) is 3.13. The molecular weight excluding hydrogens is 201 g/mol. The van der Waals surface area contributed by atoms with Crippen LogP contribution in [0.15, 0.2) is 6.07 Å². The van der Waals surface area contributed by atoms with Gasteiger partial charge in [0.2, 0.25) is 5.82 Å². The number of halogens is 3. The lowest BCUT2D eigenvalue weighted by atomic mass is 10.3. The van der Waals surface area contributed by atoms with Crippen LogP contribution in [-0.4, -0.2) is 15.9 Å². The fraction of sp³-hybridized carbons (Fsp3) is 0.167. The molecule has 1 rings (SSSR count). The summed E-state index contributed by atoms with van der Waals surface area (Å²) < 4.78 is 36.2. The molecule has 8 heteroatoms. The Hall–Kier alpha value is -1.86. The molecule has 0 aliphatic rings. The molecule has 0 aliphatic carbocycles. The molecule has 0 spiro atoms. The zero-order chi connectivity index (χ0) is 10.9. The molecule has 1 aromatic heterocycles. The number of hydrogen-bond donors (Lipinski definition) is 2. The molecule has 0 saturated carbocycles. The SMILES string of the molecule is NC(=O)c1cc(N)nc(C(F)(F)F)n1. The topological polar surface area (TPSA) is 94.9 Å². The number of amides is 1. The first-order valence-electron chi connectivity index (χ1n) is 3.32. The number of aromatic nitrogens is 2. The Morgan fingerprint density at radius 2 is 1.93 bits per heavy atom. The van der Waals surface area contributed by atoms with E-state index in [1.54, 1.807) is 0 Å². The minimum atomic E-state index is -4.75. The molecule has 0 aliphatic heterocycles. The summed E-state index contributed by atoms with van der Waals surface area (Å²) in [4.78, 5) is 16.4. The Balaban J connectivity index is 3.28. The van der Waals surface area contributed by atoms with Crippen molar-refractivity contribution < 1.29 is 18.0 Å². The molecule has 0 fully saturated rings. The van der Waals surface area contributed by atoms with Gasteiger partial charge in [-0.1, -0.05) is 0 Å². The zero-order valence-corrected chi connectivity index (χ0v) is 6.67. The molecule has 1 amide bonds. The lowest BCUT2D eigenvalue weighted by molar-refractivity contribution is -0.144. The van der Waals surface area contributed by atoms with Crippen LogP contribution in [-0.2, 0) is 6.18 Å². The number of nitrogens with two attached hydrogens (primary N) is 2. The van der Waals surface area contributed by atoms with Crippen molar-refractivity contribution in [3.63, 3.8) is 0 Å². The van der Waals surface area contributed by atoms with Gasteiger partial charge in [0.1, 0.15) is 11.5 Å². The van der Waals surface area contributed by atoms with E-state index in [1.807, 2.05) is 0 Å². The van der Waals surface area contributed by atoms with Gasteiger partial charge in [0.25, 0.3) is 5.91 Å². The van der Waals surface area contributed by atoms with E-state index in [1.165, 1.54) is 0 Å². The van der Waals surface area contributed by atoms with Crippen LogP contribution in [0.4, 0.5) is 19.0 Å². The number of nitrogens with zero attached hydrogens (tertiary/aromatic N) is 2. The summed E-state index contributed by atoms with van der Waals surface area (Å²) in [5.41, 5.74) is 9.21. The van der Waals surface area contributed by atoms with Gasteiger partial charge in [0.05, 0.1) is 0 Å². The highest BCUT2D eigenvalue weighted by Crippen LogP contribution is 2.26. The van der Waals surface area contributed by atoms with E-state index >= 15 is 0 Å². The van der Waals surface area contributed by atoms with Crippen molar-refractivity contribution in [1.29, 1.82) is 0 Å². The van der Waals surface area contributed by atoms with E-state index < -0.39 is 29.4 Å². The first kappa shape index (κ1) is 10.2. The molecule has 5 nitrogen and oxygen atoms in total. The maximum absolute atomic E-state index is 12.1. The van der Waals surface area contributed by atoms with Crippen LogP contribution in [0, 0.1) is 0 Å². The van der Waals surface area contributed by atoms with Gasteiger partial charge in [-0.3, -0.25) is 4.79 Å². The third kappa shape index (κ3) is 2.09. The average molecular weight is 206 g/mol. The van der Waals surface area contributed by atoms with Crippen LogP contribution < -0.4 is 11.5 Å². The number of carbonyl (C=O) groups is 1. The van der Waals surface area contributed by atoms with Crippen LogP contribution in [0.1, 0.15) is 16.3 Å². The molecule has 14 heavy (non-hydrogen) atoms. The van der Waals surface area contributed by atoms with Crippen molar-refractivity contribution in [2.45, 2.75) is 6.18 Å². The van der Waals surface area contributed by atoms with Gasteiger partial charge in [-0.05, 0) is 0 Å². The summed E-state index contributed by atoms with van der Waals surface area (Å²) in [6.45, 7) is 0. The normalized spacial score (nSPS) is 11.4. The van der Waals surface area contributed by atoms with Crippen LogP contribution in [0.2, 0.25) is 0 Å². The Labute approximate surface area is 75.9 Å². The molecule has 1 aromatic rings. The number of hydrogen-bond acceptors (Lipinski definition) is 4. The van der Waals surface area contributed by atoms with Gasteiger partial charge in [0.15, 0.2) is 0 Å². The fourth-order valence-electron chi connectivity index (χ4n) is 0.719. The first-order valence-corrected chi connectivity index (χ1v) is 3.32. The third-order valence-electron chi connectivity index (χ3n) is 1.25. The summed E-state index contributed by atoms with van der Waals surface area (Å²) in [5.74, 6) is -3.03. The summed E-state index contributed by atoms with van der Waals surface area (Å²) in [6, 6.07) is 0.873. The van der Waals surface area contributed by atoms with Crippen LogP contribution in [0.25, 0.3) is 0 Å². The van der Waals surface area contributed by atoms with Gasteiger partial charge in [-0.25, -0.2) is 9.97 Å². The Morgan fingerprint density at radius 3 is 2.36 bits per heavy atom. The summed E-state index contributed by atoms with van der Waals surface area (Å²) in [6.07, 6.45) is -4.75. The second-order valence-electron chi connectivity index (χ2n) is 2.36. The lowest BCUT2D eigenvalue weighted by Crippen LogP contribution is -2.19. The van der Waals surface area contributed by atoms with Crippen molar-refractivity contribution in [3.8, 4) is 0 Å². The maximum atomic E-state index is 12.1. The highest BCUT2D eigenvalue weighted by Gasteiger charge is 2.35. The van der Waals surface area contributed by atoms with E-state index in [0.29, 0.717) is 0 Å². The van der Waals surface area contributed by atoms with Gasteiger partial charge in [-0.15, -0.1) is 0 Å². The standard InChI is InChI=1S/C6H5F3N4O/c7-6(8,9)5-12-2(4(11)14)1-3(10)13-5/h1H,(H2,11,14)(H2,10,12,13). The largest absolute Gasteiger partial charge is 0.451 e. The lowest BCUT2D eigenvalue weighted by Gasteiger charge is -2.06. The number of anilines is 1. The van der Waals surface area contributed by atoms with Crippen LogP contribution in [0.5, 0.6) is 0 Å². The summed E-state index contributed by atoms with van der Waals surface area (Å²) in [5, 5.41) is 0. The van der Waals surface area contributed by atoms with E-state index in [4.69, 9.17) is 11.5 Å². The zero-order valence-electron chi connectivity index (χ0n) is 6.67. The molecular formula is C6H5F3N4O. The quantitative estimate of drug-likeness (QED) is 0.684. The molecule has 0 unspecified atom stereocenters. The molecule has 0 bridgehead atoms. The molecule has 0 saturated heterocycles. The van der Waals surface area contributed by atoms with E-state index in [2.05, 4.69) is 9.97 Å². The molecule has 1 heterocycles. The Kier molecular flexibility index (Phi) is 2.28. The second-order valence-corrected chi connectivity index (χ2v) is 2.36. The Morgan fingerprint density at radius 1 is 1.36 bits per heavy atom. The van der Waals surface area contributed by atoms with Crippen molar-refractivity contribution in [3.05, 3.63) is 17.6 Å². The van der Waals surface area contributed by atoms with E-state index in [9.17, 15) is 18.0 Å². The number of nitrogen functional groups attached to an aromatic ring is 1. The third-order valence-corrected chi connectivity index (χ3v) is 1.25. The van der Waals surface area contributed by atoms with Crippen LogP contribution in [0.3, 0.4) is 0 Å². The number of rotatable bonds is 1. The Bertz CT molecular complexity index is 376. The van der Waals surface area contributed by atoms with Gasteiger partial charge in [0, 0.05) is 6.07 Å². The molecule has 0 radical (unpaired) electrons. The van der Waals surface area contributed by atoms with E-state index in [-0.39, 0.29) is 0 Å². The minimum Gasteiger partial charge on any atom is -0.384 e. The first-order chi connectivity index (χ1) is 6.30. The highest BCUT2D eigenvalue weighted by atomic mass is 19.4. The smallest absolute Gasteiger partial charge is 0.384 e. The van der Waals surface area contributed by atoms with Gasteiger partial charge >= 0.3 is 6.18 Å². The minimum absolute atomic E-state index is 0.457. The fourth-order valence-corrected chi connectivity index (χ4v) is 0.719. The highest BCUT2D eigenvalue weighted by molar-refractivity contribution is 5.91. The maximum Gasteiger partial charge on any atom is 0.451 e. The van der Waals surface area contributed by atoms with Crippen LogP contribution >= 0.6 is 0 Å². The molecule has 0 atom stereocenters. The predicted molar refractivity (Wildman–Crippen MR) is 40.0 cm³/mol. The molecule has 4 N–H and O–H groups in total. The van der Waals surface area contributed by atoms with E-state index in [0.717, 1.165) is 6.07 Å². The number of alkyl halides is 3. The predicted octanol–water partition coefficient (Wildman–Crippen LogP) is 0.177. The van der Waals surface area contributed by atoms with Crippen molar-refractivity contribution in [2.24, 2.45) is 5.73 Å². The number of primary amides is 1. The van der Waals surface area contributed by atoms with Gasteiger partial charge < -0.3 is 11.5 Å². The van der Waals surface area contributed by atoms with Crippen molar-refractivity contribution in [2.75, 3.05) is 5.73 Å². The van der Waals surface area contributed by atoms with Crippen molar-refractivity contribution in [1.82, 2.24) is 9.97 Å². The summed E-state index contributed by atoms with van der Waals surface area (Å²) >= 11 is 0. The van der Waals surface area contributed by atoms with Crippen molar-refractivity contribution >= 4 is 11.7 Å². The number of carbonyl (C=O) groups excluding carboxylic acids is 1. The monoisotopic (exact) mass is 206 g/mol. The molecule has 0 aromatic carbocycles.